The van der Waals surface area contributed by atoms with E-state index in [1.165, 1.54) is 0 Å². The van der Waals surface area contributed by atoms with E-state index in [-0.39, 0.29) is 17.7 Å². The van der Waals surface area contributed by atoms with E-state index >= 15 is 0 Å². The molecule has 2 N–H and O–H groups in total. The number of nitrogens with one attached hydrogen (secondary N) is 2. The van der Waals surface area contributed by atoms with Crippen LogP contribution < -0.4 is 10.6 Å². The summed E-state index contributed by atoms with van der Waals surface area (Å²) in [6.45, 7) is 6.73. The van der Waals surface area contributed by atoms with Crippen LogP contribution in [0.2, 0.25) is 0 Å². The average Bonchev–Trinajstić information content (AvgIpc) is 3.32. The number of carbonyl (C=O) groups excluding carboxylic acids is 2. The molecule has 3 aromatic rings. The van der Waals surface area contributed by atoms with Crippen LogP contribution in [0.15, 0.2) is 57.5 Å². The fourth-order valence-electron chi connectivity index (χ4n) is 4.03. The first-order valence-electron chi connectivity index (χ1n) is 11.9. The summed E-state index contributed by atoms with van der Waals surface area (Å²) in [6, 6.07) is 14.9. The Labute approximate surface area is 213 Å². The molecule has 0 bridgehead atoms. The Hall–Kier alpha value is -3.04. The van der Waals surface area contributed by atoms with Crippen LogP contribution in [-0.4, -0.2) is 46.5 Å². The molecule has 0 radical (unpaired) electrons. The number of para-hydroxylation sites is 1. The van der Waals surface area contributed by atoms with Crippen molar-refractivity contribution in [3.63, 3.8) is 0 Å². The van der Waals surface area contributed by atoms with Gasteiger partial charge in [-0.1, -0.05) is 59.2 Å². The molecule has 1 saturated heterocycles. The van der Waals surface area contributed by atoms with Gasteiger partial charge in [0.1, 0.15) is 0 Å². The van der Waals surface area contributed by atoms with Crippen LogP contribution in [0.5, 0.6) is 0 Å². The lowest BCUT2D eigenvalue weighted by molar-refractivity contribution is -0.121. The molecule has 1 aliphatic heterocycles. The minimum Gasteiger partial charge on any atom is -0.352 e. The van der Waals surface area contributed by atoms with E-state index < -0.39 is 0 Å². The zero-order chi connectivity index (χ0) is 24.8. The summed E-state index contributed by atoms with van der Waals surface area (Å²) < 4.78 is 6.41. The molecule has 0 atom stereocenters. The molecule has 0 aliphatic carbocycles. The molecule has 9 heteroatoms. The maximum absolute atomic E-state index is 13.0. The maximum atomic E-state index is 13.0. The SMILES string of the molecule is CC(C)CNC(=O)c1ccccc1NC(=O)C1CCN(Cc2nc(-c3cccc(Br)c3)no2)CC1. The second-order valence-corrected chi connectivity index (χ2v) is 10.1. The third-order valence-corrected chi connectivity index (χ3v) is 6.46. The molecule has 35 heavy (non-hydrogen) atoms. The Morgan fingerprint density at radius 2 is 1.91 bits per heavy atom. The first kappa shape index (κ1) is 25.1. The third-order valence-electron chi connectivity index (χ3n) is 5.97. The predicted octanol–water partition coefficient (Wildman–Crippen LogP) is 4.74. The van der Waals surface area contributed by atoms with Crippen LogP contribution in [0.3, 0.4) is 0 Å². The smallest absolute Gasteiger partial charge is 0.253 e. The van der Waals surface area contributed by atoms with Gasteiger partial charge in [0, 0.05) is 22.5 Å². The average molecular weight is 540 g/mol. The van der Waals surface area contributed by atoms with E-state index in [1.54, 1.807) is 18.2 Å². The van der Waals surface area contributed by atoms with Gasteiger partial charge in [-0.15, -0.1) is 0 Å². The van der Waals surface area contributed by atoms with Crippen molar-refractivity contribution in [2.24, 2.45) is 11.8 Å². The second kappa shape index (κ2) is 11.6. The number of aromatic nitrogens is 2. The molecule has 4 rings (SSSR count). The lowest BCUT2D eigenvalue weighted by Gasteiger charge is -2.30. The number of halogens is 1. The van der Waals surface area contributed by atoms with Gasteiger partial charge < -0.3 is 15.2 Å². The highest BCUT2D eigenvalue weighted by Crippen LogP contribution is 2.24. The van der Waals surface area contributed by atoms with Crippen LogP contribution in [0.25, 0.3) is 11.4 Å². The number of anilines is 1. The maximum Gasteiger partial charge on any atom is 0.253 e. The number of likely N-dealkylation sites (tertiary alicyclic amines) is 1. The predicted molar refractivity (Wildman–Crippen MR) is 138 cm³/mol. The lowest BCUT2D eigenvalue weighted by atomic mass is 9.95. The number of piperidine rings is 1. The van der Waals surface area contributed by atoms with Gasteiger partial charge in [0.25, 0.3) is 5.91 Å². The summed E-state index contributed by atoms with van der Waals surface area (Å²) in [7, 11) is 0. The lowest BCUT2D eigenvalue weighted by Crippen LogP contribution is -2.38. The van der Waals surface area contributed by atoms with E-state index in [0.717, 1.165) is 36.0 Å². The summed E-state index contributed by atoms with van der Waals surface area (Å²) in [5.74, 6) is 1.13. The molecule has 2 aromatic carbocycles. The van der Waals surface area contributed by atoms with Crippen LogP contribution in [0, 0.1) is 11.8 Å². The molecule has 2 heterocycles. The van der Waals surface area contributed by atoms with Crippen molar-refractivity contribution in [2.75, 3.05) is 25.0 Å². The number of hydrogen-bond acceptors (Lipinski definition) is 6. The Bertz CT molecular complexity index is 1170. The molecule has 0 spiro atoms. The number of amides is 2. The molecule has 0 unspecified atom stereocenters. The normalized spacial score (nSPS) is 14.7. The van der Waals surface area contributed by atoms with Crippen LogP contribution in [-0.2, 0) is 11.3 Å². The number of benzene rings is 2. The first-order valence-corrected chi connectivity index (χ1v) is 12.7. The molecule has 184 valence electrons. The number of rotatable bonds is 8. The standard InChI is InChI=1S/C26H30BrN5O3/c1-17(2)15-28-26(34)21-8-3-4-9-22(21)29-25(33)18-10-12-32(13-11-18)16-23-30-24(31-35-23)19-6-5-7-20(27)14-19/h3-9,14,17-18H,10-13,15-16H2,1-2H3,(H,28,34)(H,29,33). The van der Waals surface area contributed by atoms with Gasteiger partial charge >= 0.3 is 0 Å². The summed E-state index contributed by atoms with van der Waals surface area (Å²) in [6.07, 6.45) is 1.44. The number of nitrogens with zero attached hydrogens (tertiary/aromatic N) is 3. The van der Waals surface area contributed by atoms with E-state index in [4.69, 9.17) is 4.52 Å². The summed E-state index contributed by atoms with van der Waals surface area (Å²) in [4.78, 5) is 32.3. The minimum absolute atomic E-state index is 0.0523. The highest BCUT2D eigenvalue weighted by atomic mass is 79.9. The zero-order valence-corrected chi connectivity index (χ0v) is 21.5. The van der Waals surface area contributed by atoms with E-state index in [0.29, 0.717) is 42.0 Å². The fraction of sp³-hybridized carbons (Fsp3) is 0.385. The van der Waals surface area contributed by atoms with Crippen LogP contribution >= 0.6 is 15.9 Å². The number of carbonyl (C=O) groups is 2. The number of hydrogen-bond donors (Lipinski definition) is 2. The molecular formula is C26H30BrN5O3. The zero-order valence-electron chi connectivity index (χ0n) is 20.0. The Balaban J connectivity index is 1.30. The topological polar surface area (TPSA) is 100 Å². The molecule has 0 saturated carbocycles. The molecule has 1 aromatic heterocycles. The van der Waals surface area contributed by atoms with Gasteiger partial charge in [0.2, 0.25) is 17.6 Å². The van der Waals surface area contributed by atoms with Crippen molar-refractivity contribution >= 4 is 33.4 Å². The molecule has 8 nitrogen and oxygen atoms in total. The second-order valence-electron chi connectivity index (χ2n) is 9.21. The highest BCUT2D eigenvalue weighted by molar-refractivity contribution is 9.10. The van der Waals surface area contributed by atoms with Crippen LogP contribution in [0.4, 0.5) is 5.69 Å². The highest BCUT2D eigenvalue weighted by Gasteiger charge is 2.27. The monoisotopic (exact) mass is 539 g/mol. The summed E-state index contributed by atoms with van der Waals surface area (Å²) in [5.41, 5.74) is 1.92. The first-order chi connectivity index (χ1) is 16.9. The Kier molecular flexibility index (Phi) is 8.30. The molecule has 1 fully saturated rings. The van der Waals surface area contributed by atoms with Crippen molar-refractivity contribution in [1.82, 2.24) is 20.4 Å². The Morgan fingerprint density at radius 1 is 1.14 bits per heavy atom. The van der Waals surface area contributed by atoms with Crippen molar-refractivity contribution < 1.29 is 14.1 Å². The van der Waals surface area contributed by atoms with Crippen molar-refractivity contribution in [3.05, 3.63) is 64.5 Å². The van der Waals surface area contributed by atoms with Gasteiger partial charge in [0.05, 0.1) is 17.8 Å². The molecule has 1 aliphatic rings. The van der Waals surface area contributed by atoms with Crippen molar-refractivity contribution in [2.45, 2.75) is 33.2 Å². The minimum atomic E-state index is -0.175. The van der Waals surface area contributed by atoms with Gasteiger partial charge in [-0.2, -0.15) is 4.98 Å². The fourth-order valence-corrected chi connectivity index (χ4v) is 4.42. The Morgan fingerprint density at radius 3 is 2.66 bits per heavy atom. The van der Waals surface area contributed by atoms with Gasteiger partial charge in [-0.05, 0) is 56.1 Å². The quantitative estimate of drug-likeness (QED) is 0.429. The van der Waals surface area contributed by atoms with E-state index in [9.17, 15) is 9.59 Å². The van der Waals surface area contributed by atoms with Gasteiger partial charge in [-0.25, -0.2) is 0 Å². The summed E-state index contributed by atoms with van der Waals surface area (Å²) >= 11 is 3.46. The molecule has 2 amide bonds. The van der Waals surface area contributed by atoms with Gasteiger partial charge in [-0.3, -0.25) is 14.5 Å². The molecular weight excluding hydrogens is 510 g/mol. The van der Waals surface area contributed by atoms with Crippen molar-refractivity contribution in [3.8, 4) is 11.4 Å². The van der Waals surface area contributed by atoms with E-state index in [2.05, 4.69) is 41.6 Å². The van der Waals surface area contributed by atoms with Crippen molar-refractivity contribution in [1.29, 1.82) is 0 Å². The van der Waals surface area contributed by atoms with E-state index in [1.807, 2.05) is 44.2 Å². The van der Waals surface area contributed by atoms with Gasteiger partial charge in [0.15, 0.2) is 0 Å². The third kappa shape index (κ3) is 6.76. The summed E-state index contributed by atoms with van der Waals surface area (Å²) in [5, 5.41) is 9.99. The van der Waals surface area contributed by atoms with Crippen LogP contribution in [0.1, 0.15) is 42.9 Å². The largest absolute Gasteiger partial charge is 0.352 e.